The summed E-state index contributed by atoms with van der Waals surface area (Å²) < 4.78 is 89.0. The predicted octanol–water partition coefficient (Wildman–Crippen LogP) is 3.87. The van der Waals surface area contributed by atoms with Crippen LogP contribution in [0.4, 0.5) is 18.9 Å². The summed E-state index contributed by atoms with van der Waals surface area (Å²) in [6.07, 6.45) is -3.77. The molecule has 0 aliphatic carbocycles. The van der Waals surface area contributed by atoms with E-state index in [0.29, 0.717) is 6.07 Å². The van der Waals surface area contributed by atoms with E-state index >= 15 is 0 Å². The largest absolute Gasteiger partial charge is 0.416 e. The molecule has 2 rings (SSSR count). The number of anilines is 1. The van der Waals surface area contributed by atoms with Gasteiger partial charge in [-0.15, -0.1) is 0 Å². The smallest absolute Gasteiger partial charge is 0.280 e. The SMILES string of the molecule is Cc1ccc(NS(=O)(=O)c2cc(S(C)(=O)=O)ccc2Cl)cc1C(F)(F)F. The second-order valence-corrected chi connectivity index (χ2v) is 9.57. The molecule has 2 aromatic carbocycles. The monoisotopic (exact) mass is 427 g/mol. The number of hydrogen-bond acceptors (Lipinski definition) is 4. The van der Waals surface area contributed by atoms with Crippen LogP contribution < -0.4 is 4.72 Å². The molecule has 11 heteroatoms. The topological polar surface area (TPSA) is 80.3 Å². The maximum Gasteiger partial charge on any atom is 0.416 e. The Bertz CT molecular complexity index is 1060. The third-order valence-electron chi connectivity index (χ3n) is 3.42. The summed E-state index contributed by atoms with van der Waals surface area (Å²) in [5.74, 6) is 0. The highest BCUT2D eigenvalue weighted by atomic mass is 35.5. The molecule has 0 amide bonds. The second kappa shape index (κ2) is 6.75. The van der Waals surface area contributed by atoms with Gasteiger partial charge in [0.15, 0.2) is 9.84 Å². The number of alkyl halides is 3. The Kier molecular flexibility index (Phi) is 5.33. The van der Waals surface area contributed by atoms with E-state index in [1.165, 1.54) is 6.92 Å². The highest BCUT2D eigenvalue weighted by molar-refractivity contribution is 7.93. The van der Waals surface area contributed by atoms with Crippen LogP contribution in [0.5, 0.6) is 0 Å². The van der Waals surface area contributed by atoms with Crippen LogP contribution in [0.3, 0.4) is 0 Å². The molecule has 2 aromatic rings. The third-order valence-corrected chi connectivity index (χ3v) is 6.39. The van der Waals surface area contributed by atoms with Crippen molar-refractivity contribution >= 4 is 37.1 Å². The molecular formula is C15H13ClF3NO4S2. The van der Waals surface area contributed by atoms with Crippen LogP contribution in [0.1, 0.15) is 11.1 Å². The van der Waals surface area contributed by atoms with Gasteiger partial charge in [-0.05, 0) is 42.8 Å². The van der Waals surface area contributed by atoms with Crippen molar-refractivity contribution in [1.29, 1.82) is 0 Å². The molecule has 0 aromatic heterocycles. The summed E-state index contributed by atoms with van der Waals surface area (Å²) in [6.45, 7) is 1.24. The minimum absolute atomic E-state index is 0.0717. The number of nitrogens with one attached hydrogen (secondary N) is 1. The Labute approximate surface area is 153 Å². The maximum absolute atomic E-state index is 13.0. The summed E-state index contributed by atoms with van der Waals surface area (Å²) in [5, 5.41) is -0.270. The van der Waals surface area contributed by atoms with Crippen LogP contribution in [0.15, 0.2) is 46.2 Å². The molecule has 0 saturated carbocycles. The Morgan fingerprint density at radius 1 is 1.00 bits per heavy atom. The van der Waals surface area contributed by atoms with Gasteiger partial charge in [-0.1, -0.05) is 17.7 Å². The van der Waals surface area contributed by atoms with Gasteiger partial charge in [0, 0.05) is 11.9 Å². The molecule has 0 unspecified atom stereocenters. The van der Waals surface area contributed by atoms with Crippen LogP contribution in [0.2, 0.25) is 5.02 Å². The molecule has 1 N–H and O–H groups in total. The first-order valence-corrected chi connectivity index (χ1v) is 10.7. The zero-order valence-electron chi connectivity index (χ0n) is 13.4. The molecule has 0 atom stereocenters. The van der Waals surface area contributed by atoms with Gasteiger partial charge in [0.25, 0.3) is 10.0 Å². The molecule has 0 aliphatic heterocycles. The summed E-state index contributed by atoms with van der Waals surface area (Å²) in [5.41, 5.74) is -1.39. The van der Waals surface area contributed by atoms with Crippen molar-refractivity contribution in [2.45, 2.75) is 22.9 Å². The van der Waals surface area contributed by atoms with Gasteiger partial charge in [0.2, 0.25) is 0 Å². The van der Waals surface area contributed by atoms with Crippen molar-refractivity contribution in [3.8, 4) is 0 Å². The lowest BCUT2D eigenvalue weighted by molar-refractivity contribution is -0.138. The van der Waals surface area contributed by atoms with E-state index in [2.05, 4.69) is 0 Å². The van der Waals surface area contributed by atoms with Crippen LogP contribution >= 0.6 is 11.6 Å². The minimum Gasteiger partial charge on any atom is -0.280 e. The van der Waals surface area contributed by atoms with Crippen molar-refractivity contribution in [3.05, 3.63) is 52.5 Å². The number of benzene rings is 2. The molecular weight excluding hydrogens is 415 g/mol. The second-order valence-electron chi connectivity index (χ2n) is 5.50. The first-order chi connectivity index (χ1) is 11.7. The molecule has 142 valence electrons. The molecule has 26 heavy (non-hydrogen) atoms. The number of sulfone groups is 1. The van der Waals surface area contributed by atoms with Crippen LogP contribution in [-0.2, 0) is 26.0 Å². The average Bonchev–Trinajstić information content (AvgIpc) is 2.47. The Hall–Kier alpha value is -1.78. The van der Waals surface area contributed by atoms with Gasteiger partial charge < -0.3 is 0 Å². The van der Waals surface area contributed by atoms with Gasteiger partial charge in [-0.3, -0.25) is 4.72 Å². The minimum atomic E-state index is -4.65. The van der Waals surface area contributed by atoms with Gasteiger partial charge in [0.05, 0.1) is 15.5 Å². The zero-order chi connectivity index (χ0) is 19.9. The summed E-state index contributed by atoms with van der Waals surface area (Å²) in [6, 6.07) is 6.00. The predicted molar refractivity (Wildman–Crippen MR) is 91.6 cm³/mol. The van der Waals surface area contributed by atoms with E-state index in [0.717, 1.165) is 36.6 Å². The van der Waals surface area contributed by atoms with Crippen LogP contribution in [0.25, 0.3) is 0 Å². The van der Waals surface area contributed by atoms with Gasteiger partial charge in [-0.25, -0.2) is 16.8 Å². The summed E-state index contributed by atoms with van der Waals surface area (Å²) in [4.78, 5) is -0.849. The fourth-order valence-corrected chi connectivity index (χ4v) is 4.42. The quantitative estimate of drug-likeness (QED) is 0.803. The molecule has 0 aliphatic rings. The Morgan fingerprint density at radius 2 is 1.62 bits per heavy atom. The van der Waals surface area contributed by atoms with Crippen LogP contribution in [0, 0.1) is 6.92 Å². The van der Waals surface area contributed by atoms with Crippen molar-refractivity contribution in [1.82, 2.24) is 0 Å². The van der Waals surface area contributed by atoms with E-state index in [-0.39, 0.29) is 21.2 Å². The Balaban J connectivity index is 2.51. The summed E-state index contributed by atoms with van der Waals surface area (Å²) in [7, 11) is -8.12. The van der Waals surface area contributed by atoms with E-state index in [4.69, 9.17) is 11.6 Å². The first kappa shape index (κ1) is 20.5. The van der Waals surface area contributed by atoms with E-state index in [1.807, 2.05) is 4.72 Å². The highest BCUT2D eigenvalue weighted by Crippen LogP contribution is 2.34. The van der Waals surface area contributed by atoms with Gasteiger partial charge in [-0.2, -0.15) is 13.2 Å². The van der Waals surface area contributed by atoms with Gasteiger partial charge >= 0.3 is 6.18 Å². The zero-order valence-corrected chi connectivity index (χ0v) is 15.8. The van der Waals surface area contributed by atoms with Crippen molar-refractivity contribution in [2.24, 2.45) is 0 Å². The Morgan fingerprint density at radius 3 is 2.15 bits per heavy atom. The fraction of sp³-hybridized carbons (Fsp3) is 0.200. The first-order valence-electron chi connectivity index (χ1n) is 6.92. The molecule has 0 fully saturated rings. The number of aryl methyl sites for hydroxylation is 1. The van der Waals surface area contributed by atoms with Crippen molar-refractivity contribution in [3.63, 3.8) is 0 Å². The number of hydrogen-bond donors (Lipinski definition) is 1. The van der Waals surface area contributed by atoms with Crippen molar-refractivity contribution in [2.75, 3.05) is 11.0 Å². The lowest BCUT2D eigenvalue weighted by atomic mass is 10.1. The average molecular weight is 428 g/mol. The number of halogens is 4. The fourth-order valence-electron chi connectivity index (χ4n) is 2.12. The number of rotatable bonds is 4. The molecule has 0 heterocycles. The summed E-state index contributed by atoms with van der Waals surface area (Å²) >= 11 is 5.83. The van der Waals surface area contributed by atoms with E-state index < -0.39 is 36.5 Å². The molecule has 0 bridgehead atoms. The molecule has 5 nitrogen and oxygen atoms in total. The normalized spacial score (nSPS) is 12.8. The number of sulfonamides is 1. The van der Waals surface area contributed by atoms with E-state index in [9.17, 15) is 30.0 Å². The van der Waals surface area contributed by atoms with Crippen molar-refractivity contribution < 1.29 is 30.0 Å². The highest BCUT2D eigenvalue weighted by Gasteiger charge is 2.33. The molecule has 0 saturated heterocycles. The lowest BCUT2D eigenvalue weighted by Crippen LogP contribution is -2.15. The van der Waals surface area contributed by atoms with E-state index in [1.54, 1.807) is 0 Å². The molecule has 0 spiro atoms. The maximum atomic E-state index is 13.0. The lowest BCUT2D eigenvalue weighted by Gasteiger charge is -2.14. The standard InChI is InChI=1S/C15H13ClF3NO4S2/c1-9-3-4-10(7-12(9)15(17,18)19)20-26(23,24)14-8-11(25(2,21)22)5-6-13(14)16/h3-8,20H,1-2H3. The molecule has 0 radical (unpaired) electrons. The van der Waals surface area contributed by atoms with Gasteiger partial charge in [0.1, 0.15) is 4.90 Å². The third kappa shape index (κ3) is 4.49. The van der Waals surface area contributed by atoms with Crippen LogP contribution in [-0.4, -0.2) is 23.1 Å².